The highest BCUT2D eigenvalue weighted by atomic mass is 32.2. The first-order chi connectivity index (χ1) is 13.7. The Balaban J connectivity index is 1.67. The van der Waals surface area contributed by atoms with Crippen molar-refractivity contribution in [1.29, 1.82) is 0 Å². The fourth-order valence-corrected chi connectivity index (χ4v) is 4.27. The predicted molar refractivity (Wildman–Crippen MR) is 118 cm³/mol. The highest BCUT2D eigenvalue weighted by Gasteiger charge is 2.19. The Hall–Kier alpha value is -2.80. The molecule has 0 bridgehead atoms. The molecule has 6 nitrogen and oxygen atoms in total. The van der Waals surface area contributed by atoms with Gasteiger partial charge in [-0.05, 0) is 55.2 Å². The second-order valence-corrected chi connectivity index (χ2v) is 9.23. The molecule has 0 spiro atoms. The minimum atomic E-state index is -3.67. The van der Waals surface area contributed by atoms with Crippen LogP contribution in [0.3, 0.4) is 0 Å². The van der Waals surface area contributed by atoms with Gasteiger partial charge in [0.1, 0.15) is 0 Å². The van der Waals surface area contributed by atoms with Crippen molar-refractivity contribution < 1.29 is 8.42 Å². The summed E-state index contributed by atoms with van der Waals surface area (Å²) in [5.74, 6) is 0.506. The monoisotopic (exact) mass is 412 g/mol. The molecule has 0 saturated carbocycles. The van der Waals surface area contributed by atoms with Gasteiger partial charge in [-0.15, -0.1) is 0 Å². The van der Waals surface area contributed by atoms with Crippen LogP contribution in [0.2, 0.25) is 0 Å². The predicted octanol–water partition coefficient (Wildman–Crippen LogP) is 4.57. The molecule has 2 N–H and O–H groups in total. The highest BCUT2D eigenvalue weighted by molar-refractivity contribution is 7.92. The fraction of sp³-hybridized carbons (Fsp3) is 0.318. The molecule has 29 heavy (non-hydrogen) atoms. The Labute approximate surface area is 173 Å². The number of rotatable bonds is 7. The van der Waals surface area contributed by atoms with E-state index >= 15 is 0 Å². The summed E-state index contributed by atoms with van der Waals surface area (Å²) in [4.78, 5) is 0.227. The van der Waals surface area contributed by atoms with Crippen LogP contribution >= 0.6 is 0 Å². The molecule has 3 rings (SSSR count). The maximum atomic E-state index is 12.7. The lowest BCUT2D eigenvalue weighted by Crippen LogP contribution is -2.14. The van der Waals surface area contributed by atoms with Gasteiger partial charge in [0, 0.05) is 19.3 Å². The van der Waals surface area contributed by atoms with E-state index in [1.165, 1.54) is 5.56 Å². The third-order valence-corrected chi connectivity index (χ3v) is 6.42. The first-order valence-corrected chi connectivity index (χ1v) is 11.1. The summed E-state index contributed by atoms with van der Waals surface area (Å²) in [7, 11) is -1.88. The summed E-state index contributed by atoms with van der Waals surface area (Å²) in [6.07, 6.45) is 0. The van der Waals surface area contributed by atoms with E-state index in [1.807, 2.05) is 19.1 Å². The molecule has 3 aromatic rings. The van der Waals surface area contributed by atoms with Crippen LogP contribution < -0.4 is 10.0 Å². The third kappa shape index (κ3) is 4.79. The minimum absolute atomic E-state index is 0.227. The highest BCUT2D eigenvalue weighted by Crippen LogP contribution is 2.23. The van der Waals surface area contributed by atoms with Gasteiger partial charge in [-0.2, -0.15) is 5.10 Å². The Bertz CT molecular complexity index is 1080. The van der Waals surface area contributed by atoms with E-state index in [9.17, 15) is 8.42 Å². The molecule has 1 heterocycles. The van der Waals surface area contributed by atoms with E-state index in [4.69, 9.17) is 0 Å². The Morgan fingerprint density at radius 3 is 2.14 bits per heavy atom. The van der Waals surface area contributed by atoms with Crippen LogP contribution in [0.25, 0.3) is 0 Å². The maximum Gasteiger partial charge on any atom is 0.262 e. The van der Waals surface area contributed by atoms with Gasteiger partial charge in [-0.25, -0.2) is 8.42 Å². The second-order valence-electron chi connectivity index (χ2n) is 7.55. The lowest BCUT2D eigenvalue weighted by molar-refractivity contribution is 0.601. The van der Waals surface area contributed by atoms with Gasteiger partial charge in [0.05, 0.1) is 22.0 Å². The molecule has 0 aliphatic heterocycles. The van der Waals surface area contributed by atoms with Gasteiger partial charge in [-0.3, -0.25) is 9.40 Å². The first-order valence-electron chi connectivity index (χ1n) is 9.63. The molecule has 0 aliphatic rings. The molecule has 0 amide bonds. The molecule has 2 aromatic carbocycles. The van der Waals surface area contributed by atoms with Crippen LogP contribution in [0.15, 0.2) is 53.4 Å². The normalized spacial score (nSPS) is 11.7. The van der Waals surface area contributed by atoms with Gasteiger partial charge in [0.25, 0.3) is 10.0 Å². The number of hydrogen-bond acceptors (Lipinski definition) is 4. The average molecular weight is 413 g/mol. The summed E-state index contributed by atoms with van der Waals surface area (Å²) >= 11 is 0. The van der Waals surface area contributed by atoms with Crippen LogP contribution in [0, 0.1) is 13.8 Å². The van der Waals surface area contributed by atoms with Gasteiger partial charge < -0.3 is 5.32 Å². The van der Waals surface area contributed by atoms with E-state index in [-0.39, 0.29) is 4.90 Å². The summed E-state index contributed by atoms with van der Waals surface area (Å²) in [5, 5.41) is 7.62. The summed E-state index contributed by atoms with van der Waals surface area (Å²) in [5.41, 5.74) is 5.30. The van der Waals surface area contributed by atoms with E-state index < -0.39 is 10.0 Å². The zero-order valence-corrected chi connectivity index (χ0v) is 18.3. The Morgan fingerprint density at radius 1 is 1.00 bits per heavy atom. The lowest BCUT2D eigenvalue weighted by Gasteiger charge is -2.11. The van der Waals surface area contributed by atoms with E-state index in [1.54, 1.807) is 30.8 Å². The van der Waals surface area contributed by atoms with Crippen LogP contribution in [-0.4, -0.2) is 18.2 Å². The van der Waals surface area contributed by atoms with Gasteiger partial charge in [0.2, 0.25) is 0 Å². The molecular formula is C22H28N4O2S. The zero-order valence-electron chi connectivity index (χ0n) is 17.5. The standard InChI is InChI=1S/C22H28N4O2S/c1-15(2)19-8-10-20(11-9-19)23-14-18-6-12-21(13-7-18)29(27,28)25-22-16(3)24-26(5)17(22)4/h6-13,15,23,25H,14H2,1-5H3. The number of nitrogens with one attached hydrogen (secondary N) is 2. The fourth-order valence-electron chi connectivity index (χ4n) is 3.09. The van der Waals surface area contributed by atoms with Crippen molar-refractivity contribution in [2.24, 2.45) is 7.05 Å². The minimum Gasteiger partial charge on any atom is -0.381 e. The molecule has 0 aliphatic carbocycles. The van der Waals surface area contributed by atoms with E-state index in [0.29, 0.717) is 23.8 Å². The number of sulfonamides is 1. The van der Waals surface area contributed by atoms with E-state index in [2.05, 4.69) is 53.3 Å². The van der Waals surface area contributed by atoms with Crippen LogP contribution in [0.5, 0.6) is 0 Å². The van der Waals surface area contributed by atoms with Gasteiger partial charge in [0.15, 0.2) is 0 Å². The number of aryl methyl sites for hydroxylation is 2. The molecular weight excluding hydrogens is 384 g/mol. The summed E-state index contributed by atoms with van der Waals surface area (Å²) in [6, 6.07) is 15.3. The molecule has 0 saturated heterocycles. The molecule has 7 heteroatoms. The van der Waals surface area contributed by atoms with Gasteiger partial charge >= 0.3 is 0 Å². The topological polar surface area (TPSA) is 76.0 Å². The molecule has 0 atom stereocenters. The maximum absolute atomic E-state index is 12.7. The third-order valence-electron chi connectivity index (χ3n) is 5.05. The lowest BCUT2D eigenvalue weighted by atomic mass is 10.0. The molecule has 1 aromatic heterocycles. The molecule has 0 radical (unpaired) electrons. The number of hydrogen-bond donors (Lipinski definition) is 2. The molecule has 0 unspecified atom stereocenters. The van der Waals surface area contributed by atoms with Crippen LogP contribution in [-0.2, 0) is 23.6 Å². The number of anilines is 2. The van der Waals surface area contributed by atoms with Crippen molar-refractivity contribution >= 4 is 21.4 Å². The quantitative estimate of drug-likeness (QED) is 0.596. The van der Waals surface area contributed by atoms with Gasteiger partial charge in [-0.1, -0.05) is 38.1 Å². The number of benzene rings is 2. The van der Waals surface area contributed by atoms with Crippen LogP contribution in [0.1, 0.15) is 42.3 Å². The van der Waals surface area contributed by atoms with Crippen molar-refractivity contribution in [3.63, 3.8) is 0 Å². The van der Waals surface area contributed by atoms with Crippen molar-refractivity contribution in [3.05, 3.63) is 71.0 Å². The molecule has 154 valence electrons. The average Bonchev–Trinajstić information content (AvgIpc) is 2.93. The first kappa shape index (κ1) is 20.9. The zero-order chi connectivity index (χ0) is 21.2. The van der Waals surface area contributed by atoms with Crippen molar-refractivity contribution in [1.82, 2.24) is 9.78 Å². The SMILES string of the molecule is Cc1nn(C)c(C)c1NS(=O)(=O)c1ccc(CNc2ccc(C(C)C)cc2)cc1. The van der Waals surface area contributed by atoms with Crippen molar-refractivity contribution in [2.75, 3.05) is 10.0 Å². The smallest absolute Gasteiger partial charge is 0.262 e. The molecule has 0 fully saturated rings. The summed E-state index contributed by atoms with van der Waals surface area (Å²) < 4.78 is 29.8. The Kier molecular flexibility index (Phi) is 5.98. The number of nitrogens with zero attached hydrogens (tertiary/aromatic N) is 2. The Morgan fingerprint density at radius 2 is 1.62 bits per heavy atom. The van der Waals surface area contributed by atoms with E-state index in [0.717, 1.165) is 16.9 Å². The van der Waals surface area contributed by atoms with Crippen LogP contribution in [0.4, 0.5) is 11.4 Å². The summed E-state index contributed by atoms with van der Waals surface area (Å²) in [6.45, 7) is 8.58. The van der Waals surface area contributed by atoms with Crippen molar-refractivity contribution in [3.8, 4) is 0 Å². The second kappa shape index (κ2) is 8.29. The van der Waals surface area contributed by atoms with Crippen molar-refractivity contribution in [2.45, 2.75) is 45.1 Å². The number of aromatic nitrogens is 2. The largest absolute Gasteiger partial charge is 0.381 e.